The predicted molar refractivity (Wildman–Crippen MR) is 72.0 cm³/mol. The molecule has 6 heteroatoms. The zero-order chi connectivity index (χ0) is 13.2. The first kappa shape index (κ1) is 13.5. The van der Waals surface area contributed by atoms with Crippen molar-refractivity contribution in [2.75, 3.05) is 18.8 Å². The maximum absolute atomic E-state index is 12.1. The molecule has 0 radical (unpaired) electrons. The number of halogens is 1. The summed E-state index contributed by atoms with van der Waals surface area (Å²) in [6.45, 7) is 1.34. The summed E-state index contributed by atoms with van der Waals surface area (Å²) < 4.78 is 24.8. The van der Waals surface area contributed by atoms with Crippen LogP contribution in [0.5, 0.6) is 0 Å². The molecule has 0 N–H and O–H groups in total. The number of likely N-dealkylation sites (tertiary alicyclic amines) is 1. The molecule has 2 rings (SSSR count). The molecule has 0 saturated carbocycles. The number of hydrogen-bond donors (Lipinski definition) is 0. The molecule has 1 amide bonds. The van der Waals surface area contributed by atoms with Gasteiger partial charge in [0.05, 0.1) is 4.90 Å². The van der Waals surface area contributed by atoms with Crippen LogP contribution in [0, 0.1) is 0 Å². The highest BCUT2D eigenvalue weighted by Gasteiger charge is 2.26. The molecular formula is C12H14BrNO3S. The Bertz CT molecular complexity index is 550. The Morgan fingerprint density at radius 1 is 1.22 bits per heavy atom. The summed E-state index contributed by atoms with van der Waals surface area (Å²) in [7, 11) is -3.57. The number of carbonyl (C=O) groups excluding carboxylic acids is 1. The van der Waals surface area contributed by atoms with Crippen LogP contribution in [0.2, 0.25) is 0 Å². The fourth-order valence-corrected chi connectivity index (χ4v) is 4.33. The van der Waals surface area contributed by atoms with Crippen LogP contribution >= 0.6 is 15.9 Å². The number of nitrogens with zero attached hydrogens (tertiary/aromatic N) is 1. The fraction of sp³-hybridized carbons (Fsp3) is 0.417. The second-order valence-corrected chi connectivity index (χ2v) is 7.09. The van der Waals surface area contributed by atoms with Crippen LogP contribution in [-0.4, -0.2) is 38.1 Å². The molecule has 0 spiro atoms. The number of hydrogen-bond acceptors (Lipinski definition) is 3. The lowest BCUT2D eigenvalue weighted by Crippen LogP contribution is -2.33. The molecule has 0 atom stereocenters. The summed E-state index contributed by atoms with van der Waals surface area (Å²) >= 11 is 3.20. The molecule has 0 aliphatic carbocycles. The lowest BCUT2D eigenvalue weighted by atomic mass is 10.4. The molecule has 1 fully saturated rings. The van der Waals surface area contributed by atoms with Crippen LogP contribution in [0.1, 0.15) is 12.8 Å². The van der Waals surface area contributed by atoms with Gasteiger partial charge in [0.15, 0.2) is 9.84 Å². The van der Waals surface area contributed by atoms with Crippen molar-refractivity contribution in [1.82, 2.24) is 4.90 Å². The number of carbonyl (C=O) groups is 1. The van der Waals surface area contributed by atoms with Gasteiger partial charge in [-0.25, -0.2) is 8.42 Å². The van der Waals surface area contributed by atoms with Crippen LogP contribution in [-0.2, 0) is 14.6 Å². The Morgan fingerprint density at radius 2 is 1.83 bits per heavy atom. The highest BCUT2D eigenvalue weighted by Crippen LogP contribution is 2.23. The van der Waals surface area contributed by atoms with E-state index in [1.54, 1.807) is 23.1 Å². The van der Waals surface area contributed by atoms with E-state index in [0.29, 0.717) is 17.6 Å². The van der Waals surface area contributed by atoms with Gasteiger partial charge in [0, 0.05) is 17.6 Å². The molecule has 1 aromatic carbocycles. The van der Waals surface area contributed by atoms with Crippen LogP contribution in [0.25, 0.3) is 0 Å². The highest BCUT2D eigenvalue weighted by molar-refractivity contribution is 9.10. The molecule has 1 aliphatic rings. The minimum Gasteiger partial charge on any atom is -0.342 e. The van der Waals surface area contributed by atoms with Crippen molar-refractivity contribution in [2.45, 2.75) is 17.7 Å². The Morgan fingerprint density at radius 3 is 2.44 bits per heavy atom. The summed E-state index contributed by atoms with van der Waals surface area (Å²) in [6, 6.07) is 6.56. The second-order valence-electron chi connectivity index (χ2n) is 4.28. The summed E-state index contributed by atoms with van der Waals surface area (Å²) in [5.41, 5.74) is 0. The number of rotatable bonds is 3. The van der Waals surface area contributed by atoms with Crippen molar-refractivity contribution >= 4 is 31.7 Å². The van der Waals surface area contributed by atoms with Gasteiger partial charge in [-0.1, -0.05) is 12.1 Å². The maximum atomic E-state index is 12.1. The smallest absolute Gasteiger partial charge is 0.238 e. The summed E-state index contributed by atoms with van der Waals surface area (Å²) in [6.07, 6.45) is 1.92. The standard InChI is InChI=1S/C12H14BrNO3S/c13-10-5-1-2-6-11(10)18(16,17)9-12(15)14-7-3-4-8-14/h1-2,5-6H,3-4,7-9H2. The Labute approximate surface area is 115 Å². The normalized spacial score (nSPS) is 15.9. The largest absolute Gasteiger partial charge is 0.342 e. The molecule has 1 saturated heterocycles. The zero-order valence-electron chi connectivity index (χ0n) is 9.80. The molecule has 0 unspecified atom stereocenters. The van der Waals surface area contributed by atoms with E-state index < -0.39 is 15.6 Å². The predicted octanol–water partition coefficient (Wildman–Crippen LogP) is 1.85. The number of sulfone groups is 1. The second kappa shape index (κ2) is 5.40. The molecule has 1 aliphatic heterocycles. The van der Waals surface area contributed by atoms with Gasteiger partial charge in [0.25, 0.3) is 0 Å². The summed E-state index contributed by atoms with van der Waals surface area (Å²) in [5.74, 6) is -0.751. The number of benzene rings is 1. The third-order valence-corrected chi connectivity index (χ3v) is 5.55. The Balaban J connectivity index is 2.17. The van der Waals surface area contributed by atoms with Crippen LogP contribution < -0.4 is 0 Å². The zero-order valence-corrected chi connectivity index (χ0v) is 12.2. The van der Waals surface area contributed by atoms with Crippen molar-refractivity contribution < 1.29 is 13.2 Å². The van der Waals surface area contributed by atoms with Crippen molar-refractivity contribution in [3.63, 3.8) is 0 Å². The average molecular weight is 332 g/mol. The quantitative estimate of drug-likeness (QED) is 0.849. The lowest BCUT2D eigenvalue weighted by molar-refractivity contribution is -0.127. The van der Waals surface area contributed by atoms with E-state index in [9.17, 15) is 13.2 Å². The van der Waals surface area contributed by atoms with E-state index in [0.717, 1.165) is 12.8 Å². The van der Waals surface area contributed by atoms with Crippen LogP contribution in [0.15, 0.2) is 33.6 Å². The highest BCUT2D eigenvalue weighted by atomic mass is 79.9. The third kappa shape index (κ3) is 2.92. The van der Waals surface area contributed by atoms with Gasteiger partial charge in [-0.15, -0.1) is 0 Å². The monoisotopic (exact) mass is 331 g/mol. The van der Waals surface area contributed by atoms with E-state index >= 15 is 0 Å². The summed E-state index contributed by atoms with van der Waals surface area (Å²) in [4.78, 5) is 13.7. The van der Waals surface area contributed by atoms with Gasteiger partial charge in [0.1, 0.15) is 5.75 Å². The fourth-order valence-electron chi connectivity index (χ4n) is 2.00. The van der Waals surface area contributed by atoms with Gasteiger partial charge >= 0.3 is 0 Å². The first-order valence-electron chi connectivity index (χ1n) is 5.76. The maximum Gasteiger partial charge on any atom is 0.238 e. The molecule has 4 nitrogen and oxygen atoms in total. The van der Waals surface area contributed by atoms with E-state index in [-0.39, 0.29) is 10.8 Å². The van der Waals surface area contributed by atoms with E-state index in [4.69, 9.17) is 0 Å². The average Bonchev–Trinajstić information content (AvgIpc) is 2.82. The van der Waals surface area contributed by atoms with Crippen LogP contribution in [0.3, 0.4) is 0 Å². The van der Waals surface area contributed by atoms with Gasteiger partial charge < -0.3 is 4.90 Å². The van der Waals surface area contributed by atoms with Gasteiger partial charge in [-0.2, -0.15) is 0 Å². The minimum atomic E-state index is -3.57. The molecule has 0 aromatic heterocycles. The third-order valence-electron chi connectivity index (χ3n) is 2.94. The Kier molecular flexibility index (Phi) is 4.07. The van der Waals surface area contributed by atoms with Gasteiger partial charge in [0.2, 0.25) is 5.91 Å². The van der Waals surface area contributed by atoms with Crippen molar-refractivity contribution in [2.24, 2.45) is 0 Å². The van der Waals surface area contributed by atoms with Gasteiger partial charge in [-0.05, 0) is 40.9 Å². The minimum absolute atomic E-state index is 0.178. The number of amides is 1. The molecular weight excluding hydrogens is 318 g/mol. The van der Waals surface area contributed by atoms with E-state index in [2.05, 4.69) is 15.9 Å². The summed E-state index contributed by atoms with van der Waals surface area (Å²) in [5, 5.41) is 0. The molecule has 98 valence electrons. The molecule has 0 bridgehead atoms. The SMILES string of the molecule is O=C(CS(=O)(=O)c1ccccc1Br)N1CCCC1. The van der Waals surface area contributed by atoms with Crippen molar-refractivity contribution in [3.8, 4) is 0 Å². The molecule has 18 heavy (non-hydrogen) atoms. The Hall–Kier alpha value is -0.880. The van der Waals surface area contributed by atoms with Gasteiger partial charge in [-0.3, -0.25) is 4.79 Å². The first-order valence-corrected chi connectivity index (χ1v) is 8.20. The molecule has 1 heterocycles. The van der Waals surface area contributed by atoms with Crippen molar-refractivity contribution in [1.29, 1.82) is 0 Å². The van der Waals surface area contributed by atoms with Crippen molar-refractivity contribution in [3.05, 3.63) is 28.7 Å². The lowest BCUT2D eigenvalue weighted by Gasteiger charge is -2.15. The first-order chi connectivity index (χ1) is 8.50. The van der Waals surface area contributed by atoms with E-state index in [1.807, 2.05) is 0 Å². The van der Waals surface area contributed by atoms with E-state index in [1.165, 1.54) is 6.07 Å². The van der Waals surface area contributed by atoms with Crippen LogP contribution in [0.4, 0.5) is 0 Å². The molecule has 1 aromatic rings. The topological polar surface area (TPSA) is 54.5 Å².